The predicted molar refractivity (Wildman–Crippen MR) is 163 cm³/mol. The molecule has 1 aromatic heterocycles. The third-order valence-corrected chi connectivity index (χ3v) is 8.47. The molecular formula is C33H43N3O8. The molecule has 2 aromatic rings. The van der Waals surface area contributed by atoms with Crippen LogP contribution in [0, 0.1) is 0 Å². The number of carbonyl (C=O) groups excluding carboxylic acids is 4. The smallest absolute Gasteiger partial charge is 0.419 e. The molecule has 2 atom stereocenters. The maximum Gasteiger partial charge on any atom is 0.419 e. The first-order valence-corrected chi connectivity index (χ1v) is 15.3. The van der Waals surface area contributed by atoms with Crippen molar-refractivity contribution in [2.75, 3.05) is 27.0 Å². The van der Waals surface area contributed by atoms with Crippen LogP contribution in [0.15, 0.2) is 24.4 Å². The van der Waals surface area contributed by atoms with E-state index < -0.39 is 34.8 Å². The average molecular weight is 610 g/mol. The molecule has 1 aromatic carbocycles. The van der Waals surface area contributed by atoms with E-state index in [0.29, 0.717) is 36.2 Å². The van der Waals surface area contributed by atoms with Gasteiger partial charge in [0.1, 0.15) is 35.3 Å². The molecule has 0 saturated carbocycles. The van der Waals surface area contributed by atoms with Gasteiger partial charge in [-0.25, -0.2) is 4.79 Å². The van der Waals surface area contributed by atoms with Crippen molar-refractivity contribution in [3.8, 4) is 5.75 Å². The second-order valence-corrected chi connectivity index (χ2v) is 13.3. The zero-order chi connectivity index (χ0) is 32.0. The summed E-state index contributed by atoms with van der Waals surface area (Å²) in [5, 5.41) is 0.751. The summed E-state index contributed by atoms with van der Waals surface area (Å²) in [7, 11) is 1.48. The van der Waals surface area contributed by atoms with Crippen LogP contribution in [-0.2, 0) is 35.0 Å². The van der Waals surface area contributed by atoms with Crippen LogP contribution < -0.4 is 4.74 Å². The number of rotatable bonds is 8. The lowest BCUT2D eigenvalue weighted by Crippen LogP contribution is -2.70. The summed E-state index contributed by atoms with van der Waals surface area (Å²) in [6.07, 6.45) is 6.52. The zero-order valence-corrected chi connectivity index (χ0v) is 26.7. The minimum atomic E-state index is -1.11. The van der Waals surface area contributed by atoms with E-state index in [4.69, 9.17) is 18.9 Å². The molecular weight excluding hydrogens is 566 g/mol. The molecule has 44 heavy (non-hydrogen) atoms. The van der Waals surface area contributed by atoms with Gasteiger partial charge < -0.3 is 28.7 Å². The van der Waals surface area contributed by atoms with Crippen molar-refractivity contribution in [3.63, 3.8) is 0 Å². The first-order chi connectivity index (χ1) is 20.7. The van der Waals surface area contributed by atoms with Crippen LogP contribution >= 0.6 is 0 Å². The van der Waals surface area contributed by atoms with Crippen molar-refractivity contribution in [2.45, 2.75) is 96.4 Å². The molecule has 1 unspecified atom stereocenters. The zero-order valence-electron chi connectivity index (χ0n) is 26.7. The van der Waals surface area contributed by atoms with Crippen LogP contribution in [-0.4, -0.2) is 88.0 Å². The largest absolute Gasteiger partial charge is 0.483 e. The number of fused-ring (bicyclic) bond motifs is 4. The van der Waals surface area contributed by atoms with Gasteiger partial charge in [-0.1, -0.05) is 0 Å². The van der Waals surface area contributed by atoms with E-state index in [0.717, 1.165) is 10.9 Å². The SMILES string of the molecule is CCOC(=O)CC[C@@]12CCCN1C(=O)C(Cc1cn(C(=O)OC(C)(C)C)c3c4c(ccc13)OC(C)(C)C=C4)N(COC)C2=O. The van der Waals surface area contributed by atoms with E-state index >= 15 is 0 Å². The Morgan fingerprint density at radius 3 is 2.59 bits per heavy atom. The number of hydrogen-bond acceptors (Lipinski definition) is 8. The first kappa shape index (κ1) is 31.6. The Morgan fingerprint density at radius 1 is 1.16 bits per heavy atom. The third kappa shape index (κ3) is 5.69. The number of methoxy groups -OCH3 is 1. The summed E-state index contributed by atoms with van der Waals surface area (Å²) in [6, 6.07) is 2.89. The Kier molecular flexibility index (Phi) is 8.30. The highest BCUT2D eigenvalue weighted by Gasteiger charge is 2.58. The fraction of sp³-hybridized carbons (Fsp3) is 0.576. The molecule has 0 bridgehead atoms. The number of amides is 2. The van der Waals surface area contributed by atoms with Gasteiger partial charge >= 0.3 is 12.1 Å². The number of ether oxygens (including phenoxy) is 4. The highest BCUT2D eigenvalue weighted by atomic mass is 16.6. The lowest BCUT2D eigenvalue weighted by atomic mass is 9.84. The van der Waals surface area contributed by atoms with Crippen molar-refractivity contribution in [3.05, 3.63) is 35.5 Å². The monoisotopic (exact) mass is 609 g/mol. The molecule has 2 amide bonds. The quantitative estimate of drug-likeness (QED) is 0.397. The second-order valence-electron chi connectivity index (χ2n) is 13.3. The van der Waals surface area contributed by atoms with Crippen LogP contribution in [0.25, 0.3) is 17.0 Å². The topological polar surface area (TPSA) is 117 Å². The van der Waals surface area contributed by atoms with Gasteiger partial charge in [0.25, 0.3) is 5.91 Å². The summed E-state index contributed by atoms with van der Waals surface area (Å²) in [4.78, 5) is 57.3. The average Bonchev–Trinajstić information content (AvgIpc) is 3.54. The lowest BCUT2D eigenvalue weighted by molar-refractivity contribution is -0.174. The van der Waals surface area contributed by atoms with E-state index in [1.165, 1.54) is 16.6 Å². The van der Waals surface area contributed by atoms with Crippen molar-refractivity contribution in [1.82, 2.24) is 14.4 Å². The predicted octanol–water partition coefficient (Wildman–Crippen LogP) is 4.67. The molecule has 2 fully saturated rings. The Morgan fingerprint density at radius 2 is 1.91 bits per heavy atom. The molecule has 0 aliphatic carbocycles. The molecule has 0 radical (unpaired) electrons. The van der Waals surface area contributed by atoms with Crippen molar-refractivity contribution in [2.24, 2.45) is 0 Å². The standard InChI is InChI=1S/C33H43N3O8/c1-8-42-26(37)13-16-33-14-9-17-36(33)28(38)24(35(20-41-7)29(33)39)18-21-19-34(30(40)44-31(2,3)4)27-22(21)10-11-25-23(27)12-15-32(5,6)43-25/h10-12,15,19,24H,8-9,13-14,16-18,20H2,1-7H3/t24?,33-/m1/s1. The van der Waals surface area contributed by atoms with Gasteiger partial charge in [-0.3, -0.25) is 19.0 Å². The number of carbonyl (C=O) groups is 4. The van der Waals surface area contributed by atoms with Gasteiger partial charge in [-0.15, -0.1) is 0 Å². The Labute approximate surface area is 258 Å². The molecule has 4 heterocycles. The minimum Gasteiger partial charge on any atom is -0.483 e. The van der Waals surface area contributed by atoms with E-state index in [-0.39, 0.29) is 44.4 Å². The molecule has 11 heteroatoms. The minimum absolute atomic E-state index is 0.0374. The summed E-state index contributed by atoms with van der Waals surface area (Å²) >= 11 is 0. The van der Waals surface area contributed by atoms with Crippen molar-refractivity contribution in [1.29, 1.82) is 0 Å². The Hall–Kier alpha value is -3.86. The molecule has 238 valence electrons. The highest BCUT2D eigenvalue weighted by molar-refractivity contribution is 6.02. The van der Waals surface area contributed by atoms with Crippen LogP contribution in [0.4, 0.5) is 4.79 Å². The summed E-state index contributed by atoms with van der Waals surface area (Å²) in [6.45, 7) is 11.6. The van der Waals surface area contributed by atoms with Gasteiger partial charge in [0.2, 0.25) is 5.91 Å². The van der Waals surface area contributed by atoms with Gasteiger partial charge in [0.05, 0.1) is 12.1 Å². The van der Waals surface area contributed by atoms with Gasteiger partial charge in [-0.2, -0.15) is 0 Å². The van der Waals surface area contributed by atoms with Crippen LogP contribution in [0.3, 0.4) is 0 Å². The first-order valence-electron chi connectivity index (χ1n) is 15.3. The third-order valence-electron chi connectivity index (χ3n) is 8.47. The number of benzene rings is 1. The second kappa shape index (κ2) is 11.6. The molecule has 2 saturated heterocycles. The molecule has 0 spiro atoms. The highest BCUT2D eigenvalue weighted by Crippen LogP contribution is 2.42. The maximum atomic E-state index is 14.2. The van der Waals surface area contributed by atoms with Gasteiger partial charge in [0, 0.05) is 43.6 Å². The number of hydrogen-bond donors (Lipinski definition) is 0. The lowest BCUT2D eigenvalue weighted by Gasteiger charge is -2.49. The molecule has 3 aliphatic rings. The van der Waals surface area contributed by atoms with Gasteiger partial charge in [0.15, 0.2) is 0 Å². The van der Waals surface area contributed by atoms with E-state index in [1.54, 1.807) is 38.8 Å². The molecule has 0 N–H and O–H groups in total. The fourth-order valence-corrected chi connectivity index (χ4v) is 6.61. The van der Waals surface area contributed by atoms with Crippen molar-refractivity contribution >= 4 is 40.9 Å². The number of aromatic nitrogens is 1. The number of esters is 1. The summed E-state index contributed by atoms with van der Waals surface area (Å²) in [5.41, 5.74) is -0.319. The van der Waals surface area contributed by atoms with E-state index in [1.807, 2.05) is 38.1 Å². The van der Waals surface area contributed by atoms with E-state index in [2.05, 4.69) is 0 Å². The van der Waals surface area contributed by atoms with Crippen LogP contribution in [0.2, 0.25) is 0 Å². The molecule has 11 nitrogen and oxygen atoms in total. The Balaban J connectivity index is 1.56. The molecule has 5 rings (SSSR count). The normalized spacial score (nSPS) is 22.6. The van der Waals surface area contributed by atoms with Crippen LogP contribution in [0.1, 0.15) is 78.4 Å². The van der Waals surface area contributed by atoms with Crippen molar-refractivity contribution < 1.29 is 38.1 Å². The van der Waals surface area contributed by atoms with Crippen LogP contribution in [0.5, 0.6) is 5.75 Å². The Bertz CT molecular complexity index is 1520. The molecule has 3 aliphatic heterocycles. The number of piperazine rings is 1. The fourth-order valence-electron chi connectivity index (χ4n) is 6.61. The van der Waals surface area contributed by atoms with E-state index in [9.17, 15) is 19.2 Å². The summed E-state index contributed by atoms with van der Waals surface area (Å²) in [5.74, 6) is -0.205. The summed E-state index contributed by atoms with van der Waals surface area (Å²) < 4.78 is 24.0. The maximum absolute atomic E-state index is 14.2. The van der Waals surface area contributed by atoms with Gasteiger partial charge in [-0.05, 0) is 90.7 Å². The number of nitrogens with zero attached hydrogens (tertiary/aromatic N) is 3.